The minimum atomic E-state index is -4.25. The Hall–Kier alpha value is -2.77. The Morgan fingerprint density at radius 3 is 2.58 bits per heavy atom. The van der Waals surface area contributed by atoms with Gasteiger partial charge in [-0.15, -0.1) is 0 Å². The summed E-state index contributed by atoms with van der Waals surface area (Å²) < 4.78 is 52.9. The van der Waals surface area contributed by atoms with Crippen LogP contribution in [0.1, 0.15) is 34.8 Å². The second kappa shape index (κ2) is 6.51. The summed E-state index contributed by atoms with van der Waals surface area (Å²) in [5.41, 5.74) is 3.03. The highest BCUT2D eigenvalue weighted by atomic mass is 19.4. The first-order valence-corrected chi connectivity index (χ1v) is 7.88. The molecule has 0 amide bonds. The molecule has 0 atom stereocenters. The molecule has 0 aliphatic carbocycles. The zero-order valence-electron chi connectivity index (χ0n) is 14.2. The highest BCUT2D eigenvalue weighted by molar-refractivity contribution is 5.79. The van der Waals surface area contributed by atoms with E-state index in [1.165, 1.54) is 12.3 Å². The molecule has 3 rings (SSSR count). The van der Waals surface area contributed by atoms with Gasteiger partial charge in [0.15, 0.2) is 11.5 Å². The maximum atomic E-state index is 14.3. The number of halogens is 4. The number of hydrogen-bond acceptors (Lipinski definition) is 3. The standard InChI is InChI=1S/C18H16F4N4/c1-10-7-24-17-15(19)6-13(9-26(10)17)11(2)14-8-23-16(25-12(14)3)4-5-18(20,21)22/h6-9H,2,4-5H2,1,3H3. The van der Waals surface area contributed by atoms with Gasteiger partial charge >= 0.3 is 6.18 Å². The van der Waals surface area contributed by atoms with Crippen LogP contribution in [0.15, 0.2) is 31.2 Å². The van der Waals surface area contributed by atoms with Gasteiger partial charge < -0.3 is 4.40 Å². The van der Waals surface area contributed by atoms with Crippen molar-refractivity contribution in [3.8, 4) is 0 Å². The molecule has 3 aromatic rings. The second-order valence-corrected chi connectivity index (χ2v) is 6.05. The Morgan fingerprint density at radius 2 is 1.92 bits per heavy atom. The molecule has 0 unspecified atom stereocenters. The number of aromatic nitrogens is 4. The Balaban J connectivity index is 1.91. The maximum absolute atomic E-state index is 14.3. The van der Waals surface area contributed by atoms with Gasteiger partial charge in [-0.05, 0) is 25.5 Å². The molecule has 0 N–H and O–H groups in total. The van der Waals surface area contributed by atoms with E-state index in [1.54, 1.807) is 30.6 Å². The molecule has 26 heavy (non-hydrogen) atoms. The van der Waals surface area contributed by atoms with E-state index in [0.29, 0.717) is 22.4 Å². The van der Waals surface area contributed by atoms with Gasteiger partial charge in [0.05, 0.1) is 6.42 Å². The number of pyridine rings is 1. The van der Waals surface area contributed by atoms with Crippen molar-refractivity contribution in [3.05, 3.63) is 65.4 Å². The van der Waals surface area contributed by atoms with Crippen LogP contribution in [0.2, 0.25) is 0 Å². The Bertz CT molecular complexity index is 989. The van der Waals surface area contributed by atoms with Gasteiger partial charge in [0, 0.05) is 47.5 Å². The molecule has 0 bridgehead atoms. The van der Waals surface area contributed by atoms with E-state index in [2.05, 4.69) is 21.5 Å². The molecule has 0 radical (unpaired) electrons. The molecule has 4 nitrogen and oxygen atoms in total. The van der Waals surface area contributed by atoms with Crippen LogP contribution in [-0.4, -0.2) is 25.5 Å². The number of nitrogens with zero attached hydrogens (tertiary/aromatic N) is 4. The summed E-state index contributed by atoms with van der Waals surface area (Å²) in [6.45, 7) is 7.44. The summed E-state index contributed by atoms with van der Waals surface area (Å²) >= 11 is 0. The van der Waals surface area contributed by atoms with E-state index in [-0.39, 0.29) is 17.9 Å². The van der Waals surface area contributed by atoms with Gasteiger partial charge in [-0.3, -0.25) is 0 Å². The summed E-state index contributed by atoms with van der Waals surface area (Å²) in [6, 6.07) is 1.32. The third-order valence-electron chi connectivity index (χ3n) is 4.08. The van der Waals surface area contributed by atoms with Crippen LogP contribution in [-0.2, 0) is 6.42 Å². The molecule has 8 heteroatoms. The summed E-state index contributed by atoms with van der Waals surface area (Å²) in [5, 5.41) is 0. The topological polar surface area (TPSA) is 43.1 Å². The maximum Gasteiger partial charge on any atom is 0.389 e. The van der Waals surface area contributed by atoms with Crippen molar-refractivity contribution in [2.75, 3.05) is 0 Å². The molecule has 3 aromatic heterocycles. The second-order valence-electron chi connectivity index (χ2n) is 6.05. The fraction of sp³-hybridized carbons (Fsp3) is 0.278. The van der Waals surface area contributed by atoms with Crippen LogP contribution in [0, 0.1) is 19.7 Å². The highest BCUT2D eigenvalue weighted by Crippen LogP contribution is 2.26. The van der Waals surface area contributed by atoms with Crippen LogP contribution >= 0.6 is 0 Å². The van der Waals surface area contributed by atoms with Crippen molar-refractivity contribution in [2.24, 2.45) is 0 Å². The molecule has 136 valence electrons. The van der Waals surface area contributed by atoms with E-state index in [9.17, 15) is 17.6 Å². The number of fused-ring (bicyclic) bond motifs is 1. The lowest BCUT2D eigenvalue weighted by atomic mass is 10.0. The summed E-state index contributed by atoms with van der Waals surface area (Å²) in [4.78, 5) is 12.1. The average molecular weight is 364 g/mol. The van der Waals surface area contributed by atoms with E-state index < -0.39 is 18.4 Å². The molecule has 0 spiro atoms. The number of rotatable bonds is 4. The number of aryl methyl sites for hydroxylation is 3. The van der Waals surface area contributed by atoms with E-state index in [4.69, 9.17) is 0 Å². The lowest BCUT2D eigenvalue weighted by molar-refractivity contribution is -0.134. The monoisotopic (exact) mass is 364 g/mol. The van der Waals surface area contributed by atoms with Crippen molar-refractivity contribution in [2.45, 2.75) is 32.9 Å². The largest absolute Gasteiger partial charge is 0.389 e. The van der Waals surface area contributed by atoms with Gasteiger partial charge in [0.1, 0.15) is 5.82 Å². The van der Waals surface area contributed by atoms with Crippen molar-refractivity contribution in [1.29, 1.82) is 0 Å². The fourth-order valence-electron chi connectivity index (χ4n) is 2.67. The van der Waals surface area contributed by atoms with Crippen molar-refractivity contribution >= 4 is 11.2 Å². The normalized spacial score (nSPS) is 11.9. The molecule has 0 aliphatic heterocycles. The average Bonchev–Trinajstić information content (AvgIpc) is 2.94. The van der Waals surface area contributed by atoms with Crippen LogP contribution < -0.4 is 0 Å². The minimum absolute atomic E-state index is 0.114. The van der Waals surface area contributed by atoms with Crippen LogP contribution in [0.25, 0.3) is 11.2 Å². The van der Waals surface area contributed by atoms with Gasteiger partial charge in [0.2, 0.25) is 0 Å². The van der Waals surface area contributed by atoms with Gasteiger partial charge in [-0.25, -0.2) is 19.3 Å². The third-order valence-corrected chi connectivity index (χ3v) is 4.08. The lowest BCUT2D eigenvalue weighted by Gasteiger charge is -2.12. The lowest BCUT2D eigenvalue weighted by Crippen LogP contribution is -2.11. The van der Waals surface area contributed by atoms with Gasteiger partial charge in [-0.1, -0.05) is 6.58 Å². The summed E-state index contributed by atoms with van der Waals surface area (Å²) in [5.74, 6) is -0.374. The third kappa shape index (κ3) is 3.58. The predicted octanol–water partition coefficient (Wildman–Crippen LogP) is 4.44. The van der Waals surface area contributed by atoms with Crippen molar-refractivity contribution in [1.82, 2.24) is 19.4 Å². The molecule has 0 fully saturated rings. The SMILES string of the molecule is C=C(c1cc(F)c2ncc(C)n2c1)c1cnc(CCC(F)(F)F)nc1C. The van der Waals surface area contributed by atoms with E-state index >= 15 is 0 Å². The number of alkyl halides is 3. The first-order chi connectivity index (χ1) is 12.2. The summed E-state index contributed by atoms with van der Waals surface area (Å²) in [6.07, 6.45) is -0.816. The Kier molecular flexibility index (Phi) is 4.52. The summed E-state index contributed by atoms with van der Waals surface area (Å²) in [7, 11) is 0. The van der Waals surface area contributed by atoms with Crippen LogP contribution in [0.4, 0.5) is 17.6 Å². The minimum Gasteiger partial charge on any atom is -0.301 e. The van der Waals surface area contributed by atoms with Gasteiger partial charge in [-0.2, -0.15) is 13.2 Å². The van der Waals surface area contributed by atoms with Crippen LogP contribution in [0.3, 0.4) is 0 Å². The quantitative estimate of drug-likeness (QED) is 0.643. The Labute approximate surface area is 147 Å². The molecular formula is C18H16F4N4. The van der Waals surface area contributed by atoms with Crippen molar-refractivity contribution in [3.63, 3.8) is 0 Å². The first-order valence-electron chi connectivity index (χ1n) is 7.88. The molecule has 0 saturated heterocycles. The molecule has 0 saturated carbocycles. The fourth-order valence-corrected chi connectivity index (χ4v) is 2.67. The van der Waals surface area contributed by atoms with Crippen LogP contribution in [0.5, 0.6) is 0 Å². The van der Waals surface area contributed by atoms with Gasteiger partial charge in [0.25, 0.3) is 0 Å². The molecule has 3 heterocycles. The van der Waals surface area contributed by atoms with E-state index in [1.807, 2.05) is 0 Å². The number of imidazole rings is 1. The zero-order valence-corrected chi connectivity index (χ0v) is 14.2. The predicted molar refractivity (Wildman–Crippen MR) is 89.2 cm³/mol. The zero-order chi connectivity index (χ0) is 19.1. The molecule has 0 aliphatic rings. The first kappa shape index (κ1) is 18.0. The smallest absolute Gasteiger partial charge is 0.301 e. The Morgan fingerprint density at radius 1 is 1.19 bits per heavy atom. The molecule has 0 aromatic carbocycles. The van der Waals surface area contributed by atoms with E-state index in [0.717, 1.165) is 5.69 Å². The van der Waals surface area contributed by atoms with Crippen molar-refractivity contribution < 1.29 is 17.6 Å². The number of hydrogen-bond donors (Lipinski definition) is 0. The molecular weight excluding hydrogens is 348 g/mol. The highest BCUT2D eigenvalue weighted by Gasteiger charge is 2.27.